The number of aryl methyl sites for hydroxylation is 1. The molecule has 0 radical (unpaired) electrons. The van der Waals surface area contributed by atoms with Crippen LogP contribution in [0.25, 0.3) is 0 Å². The number of fused-ring (bicyclic) bond motifs is 1. The fourth-order valence-corrected chi connectivity index (χ4v) is 6.58. The van der Waals surface area contributed by atoms with Gasteiger partial charge in [0.25, 0.3) is 17.7 Å². The van der Waals surface area contributed by atoms with Gasteiger partial charge < -0.3 is 26.6 Å². The number of carboxylic acid groups (broad SMARTS) is 2. The summed E-state index contributed by atoms with van der Waals surface area (Å²) in [5.41, 5.74) is 14.6. The van der Waals surface area contributed by atoms with Gasteiger partial charge in [0.15, 0.2) is 0 Å². The van der Waals surface area contributed by atoms with Crippen LogP contribution >= 0.6 is 11.3 Å². The molecular formula is C34H39F3N4O7S. The summed E-state index contributed by atoms with van der Waals surface area (Å²) in [6, 6.07) is 15.6. The van der Waals surface area contributed by atoms with Crippen LogP contribution in [0.3, 0.4) is 0 Å². The van der Waals surface area contributed by atoms with Gasteiger partial charge in [0.05, 0.1) is 5.56 Å². The van der Waals surface area contributed by atoms with Gasteiger partial charge in [-0.2, -0.15) is 13.2 Å². The zero-order valence-corrected chi connectivity index (χ0v) is 27.7. The summed E-state index contributed by atoms with van der Waals surface area (Å²) in [6.45, 7) is 3.75. The molecule has 6 N–H and O–H groups in total. The number of anilines is 1. The van der Waals surface area contributed by atoms with Crippen molar-refractivity contribution >= 4 is 46.7 Å². The van der Waals surface area contributed by atoms with Crippen molar-refractivity contribution in [2.75, 3.05) is 24.5 Å². The van der Waals surface area contributed by atoms with Gasteiger partial charge >= 0.3 is 18.1 Å². The zero-order valence-electron chi connectivity index (χ0n) is 26.9. The van der Waals surface area contributed by atoms with E-state index in [0.29, 0.717) is 34.2 Å². The van der Waals surface area contributed by atoms with Crippen molar-refractivity contribution in [1.82, 2.24) is 4.90 Å². The van der Waals surface area contributed by atoms with Crippen molar-refractivity contribution in [2.24, 2.45) is 17.4 Å². The molecule has 3 aromatic rings. The third kappa shape index (κ3) is 10.9. The second-order valence-electron chi connectivity index (χ2n) is 11.6. The molecule has 0 saturated carbocycles. The number of nitrogens with two attached hydrogens (primary N) is 2. The van der Waals surface area contributed by atoms with Crippen LogP contribution in [0, 0.1) is 5.92 Å². The summed E-state index contributed by atoms with van der Waals surface area (Å²) in [5.74, 6) is -3.94. The van der Waals surface area contributed by atoms with Crippen molar-refractivity contribution in [1.29, 1.82) is 0 Å². The molecule has 2 aromatic carbocycles. The highest BCUT2D eigenvalue weighted by atomic mass is 32.1. The lowest BCUT2D eigenvalue weighted by atomic mass is 9.93. The highest BCUT2D eigenvalue weighted by molar-refractivity contribution is 7.14. The van der Waals surface area contributed by atoms with Gasteiger partial charge in [-0.05, 0) is 79.8 Å². The maximum atomic E-state index is 12.9. The molecule has 0 atom stereocenters. The largest absolute Gasteiger partial charge is 0.490 e. The molecule has 1 aliphatic heterocycles. The number of benzene rings is 2. The Kier molecular flexibility index (Phi) is 13.9. The lowest BCUT2D eigenvalue weighted by molar-refractivity contribution is -0.192. The van der Waals surface area contributed by atoms with Crippen molar-refractivity contribution in [3.05, 3.63) is 86.6 Å². The van der Waals surface area contributed by atoms with E-state index in [-0.39, 0.29) is 11.8 Å². The van der Waals surface area contributed by atoms with Gasteiger partial charge in [-0.25, -0.2) is 4.79 Å². The molecule has 2 aliphatic rings. The van der Waals surface area contributed by atoms with Crippen molar-refractivity contribution in [3.63, 3.8) is 0 Å². The number of primary amides is 1. The summed E-state index contributed by atoms with van der Waals surface area (Å²) in [4.78, 5) is 61.9. The Morgan fingerprint density at radius 2 is 1.57 bits per heavy atom. The van der Waals surface area contributed by atoms with Crippen molar-refractivity contribution in [3.8, 4) is 0 Å². The molecule has 49 heavy (non-hydrogen) atoms. The number of carboxylic acids is 2. The Balaban J connectivity index is 0.000000223. The van der Waals surface area contributed by atoms with E-state index in [1.165, 1.54) is 21.1 Å². The predicted molar refractivity (Wildman–Crippen MR) is 178 cm³/mol. The molecule has 5 rings (SSSR count). The van der Waals surface area contributed by atoms with Crippen LogP contribution in [-0.2, 0) is 29.0 Å². The second-order valence-corrected chi connectivity index (χ2v) is 12.7. The van der Waals surface area contributed by atoms with Gasteiger partial charge in [-0.3, -0.25) is 24.1 Å². The minimum Gasteiger partial charge on any atom is -0.480 e. The van der Waals surface area contributed by atoms with E-state index < -0.39 is 30.6 Å². The van der Waals surface area contributed by atoms with E-state index in [0.717, 1.165) is 62.7 Å². The minimum atomic E-state index is -5.08. The molecule has 1 aliphatic carbocycles. The summed E-state index contributed by atoms with van der Waals surface area (Å²) in [5, 5.41) is 16.2. The number of hydrogen-bond donors (Lipinski definition) is 4. The van der Waals surface area contributed by atoms with Crippen LogP contribution in [-0.4, -0.2) is 70.6 Å². The van der Waals surface area contributed by atoms with Crippen LogP contribution in [0.1, 0.15) is 79.0 Å². The Hall–Kier alpha value is -4.76. The smallest absolute Gasteiger partial charge is 0.480 e. The predicted octanol–water partition coefficient (Wildman–Crippen LogP) is 5.11. The van der Waals surface area contributed by atoms with Crippen LogP contribution in [0.2, 0.25) is 0 Å². The van der Waals surface area contributed by atoms with Crippen LogP contribution in [0.15, 0.2) is 54.6 Å². The summed E-state index contributed by atoms with van der Waals surface area (Å²) in [6.07, 6.45) is 1.13. The van der Waals surface area contributed by atoms with Crippen LogP contribution < -0.4 is 16.4 Å². The molecule has 0 unspecified atom stereocenters. The SMILES string of the molecule is CC1CCN(C(=O)c2c(C(N)=O)sc3c2CCCC3)CC1.NCc1cccc(C(=O)N(CC(=O)O)c2ccccc2)c1.O=C(O)C(F)(F)F. The third-order valence-corrected chi connectivity index (χ3v) is 9.24. The summed E-state index contributed by atoms with van der Waals surface area (Å²) in [7, 11) is 0. The highest BCUT2D eigenvalue weighted by Gasteiger charge is 2.38. The number of piperidine rings is 1. The first-order valence-electron chi connectivity index (χ1n) is 15.5. The van der Waals surface area contributed by atoms with Crippen molar-refractivity contribution in [2.45, 2.75) is 58.2 Å². The first-order valence-corrected chi connectivity index (χ1v) is 16.4. The lowest BCUT2D eigenvalue weighted by Crippen LogP contribution is -2.39. The number of likely N-dealkylation sites (tertiary alicyclic amines) is 1. The average Bonchev–Trinajstić information content (AvgIpc) is 3.48. The van der Waals surface area contributed by atoms with Crippen LogP contribution in [0.4, 0.5) is 18.9 Å². The number of halogens is 3. The molecule has 3 amide bonds. The molecule has 264 valence electrons. The number of rotatable bonds is 7. The zero-order chi connectivity index (χ0) is 36.3. The Morgan fingerprint density at radius 1 is 0.959 bits per heavy atom. The number of carbonyl (C=O) groups excluding carboxylic acids is 3. The van der Waals surface area contributed by atoms with E-state index in [4.69, 9.17) is 26.5 Å². The lowest BCUT2D eigenvalue weighted by Gasteiger charge is -2.30. The third-order valence-electron chi connectivity index (χ3n) is 7.94. The molecular weight excluding hydrogens is 665 g/mol. The van der Waals surface area contributed by atoms with Gasteiger partial charge in [-0.15, -0.1) is 11.3 Å². The quantitative estimate of drug-likeness (QED) is 0.262. The molecule has 2 heterocycles. The van der Waals surface area contributed by atoms with E-state index in [1.807, 2.05) is 17.0 Å². The van der Waals surface area contributed by atoms with Gasteiger partial charge in [0.1, 0.15) is 11.4 Å². The molecule has 1 saturated heterocycles. The number of hydrogen-bond acceptors (Lipinski definition) is 7. The monoisotopic (exact) mass is 704 g/mol. The number of para-hydroxylation sites is 1. The van der Waals surface area contributed by atoms with E-state index >= 15 is 0 Å². The Labute approximate surface area is 285 Å². The number of carbonyl (C=O) groups is 5. The molecule has 0 spiro atoms. The Morgan fingerprint density at radius 3 is 2.12 bits per heavy atom. The average molecular weight is 705 g/mol. The Bertz CT molecular complexity index is 1640. The molecule has 0 bridgehead atoms. The van der Waals surface area contributed by atoms with E-state index in [1.54, 1.807) is 42.5 Å². The van der Waals surface area contributed by atoms with Gasteiger partial charge in [0, 0.05) is 35.8 Å². The number of thiophene rings is 1. The van der Waals surface area contributed by atoms with Crippen molar-refractivity contribution < 1.29 is 47.4 Å². The fourth-order valence-electron chi connectivity index (χ4n) is 5.35. The number of amides is 3. The summed E-state index contributed by atoms with van der Waals surface area (Å²) < 4.78 is 31.7. The number of alkyl halides is 3. The fraction of sp³-hybridized carbons (Fsp3) is 0.382. The minimum absolute atomic E-state index is 0.0232. The highest BCUT2D eigenvalue weighted by Crippen LogP contribution is 2.35. The standard InChI is InChI=1S/C16H16N2O3.C16H22N2O2S.C2HF3O2/c17-10-12-5-4-6-13(9-12)16(21)18(11-15(19)20)14-7-2-1-3-8-14;1-10-6-8-18(9-7-10)16(20)13-11-4-2-3-5-12(11)21-14(13)15(17)19;3-2(4,5)1(6)7/h1-9H,10-11,17H2,(H,19,20);10H,2-9H2,1H3,(H2,17,19);(H,6,7). The second kappa shape index (κ2) is 17.6. The first-order chi connectivity index (χ1) is 23.1. The molecule has 15 heteroatoms. The van der Waals surface area contributed by atoms with Gasteiger partial charge in [0.2, 0.25) is 0 Å². The van der Waals surface area contributed by atoms with E-state index in [2.05, 4.69) is 6.92 Å². The number of nitrogens with zero attached hydrogens (tertiary/aromatic N) is 2. The summed E-state index contributed by atoms with van der Waals surface area (Å²) >= 11 is 1.44. The number of aliphatic carboxylic acids is 2. The molecule has 11 nitrogen and oxygen atoms in total. The molecule has 1 fully saturated rings. The first kappa shape index (κ1) is 38.7. The van der Waals surface area contributed by atoms with Gasteiger partial charge in [-0.1, -0.05) is 37.3 Å². The topological polar surface area (TPSA) is 184 Å². The normalized spacial score (nSPS) is 14.3. The van der Waals surface area contributed by atoms with Crippen LogP contribution in [0.5, 0.6) is 0 Å². The maximum absolute atomic E-state index is 12.9. The van der Waals surface area contributed by atoms with E-state index in [9.17, 15) is 32.3 Å². The maximum Gasteiger partial charge on any atom is 0.490 e. The molecule has 1 aromatic heterocycles.